The Morgan fingerprint density at radius 3 is 2.79 bits per heavy atom. The molecule has 4 atom stereocenters. The van der Waals surface area contributed by atoms with Gasteiger partial charge >= 0.3 is 0 Å². The van der Waals surface area contributed by atoms with Gasteiger partial charge < -0.3 is 19.5 Å². The summed E-state index contributed by atoms with van der Waals surface area (Å²) in [6.07, 6.45) is 10.2. The standard InChI is InChI=1S/C20H26BrN5O3/c1-20(2)28-15-13(8-5-9-21)27-19(16(15)29-20)26-11-24-14-17(22-10-23-18(14)26)25-12-6-3-4-7-12/h5,9-13,15-16,19H,3-4,6-8H2,1-2H3,(H,22,23,25)/b9-5+/t13-,15-,16?,19-/m1/s1. The van der Waals surface area contributed by atoms with Crippen molar-refractivity contribution in [1.29, 1.82) is 0 Å². The summed E-state index contributed by atoms with van der Waals surface area (Å²) in [6, 6.07) is 0.457. The molecule has 2 aromatic heterocycles. The summed E-state index contributed by atoms with van der Waals surface area (Å²) in [5.74, 6) is 0.145. The molecular formula is C20H26BrN5O3. The summed E-state index contributed by atoms with van der Waals surface area (Å²) >= 11 is 3.33. The average molecular weight is 464 g/mol. The number of anilines is 1. The van der Waals surface area contributed by atoms with E-state index in [0.29, 0.717) is 6.04 Å². The molecule has 9 heteroatoms. The molecule has 5 rings (SSSR count). The fourth-order valence-corrected chi connectivity index (χ4v) is 4.88. The minimum absolute atomic E-state index is 0.101. The molecule has 0 amide bonds. The fourth-order valence-electron chi connectivity index (χ4n) is 4.67. The summed E-state index contributed by atoms with van der Waals surface area (Å²) in [6.45, 7) is 3.88. The Morgan fingerprint density at radius 1 is 1.21 bits per heavy atom. The Morgan fingerprint density at radius 2 is 2.00 bits per heavy atom. The van der Waals surface area contributed by atoms with Crippen LogP contribution in [0.15, 0.2) is 23.7 Å². The predicted octanol–water partition coefficient (Wildman–Crippen LogP) is 3.90. The van der Waals surface area contributed by atoms with Crippen molar-refractivity contribution in [3.63, 3.8) is 0 Å². The Kier molecular flexibility index (Phi) is 5.09. The van der Waals surface area contributed by atoms with Gasteiger partial charge in [0.1, 0.15) is 18.5 Å². The Bertz CT molecular complexity index is 911. The second-order valence-electron chi connectivity index (χ2n) is 8.40. The first-order chi connectivity index (χ1) is 14.1. The molecular weight excluding hydrogens is 438 g/mol. The van der Waals surface area contributed by atoms with E-state index < -0.39 is 5.79 Å². The molecule has 3 fully saturated rings. The first-order valence-electron chi connectivity index (χ1n) is 10.3. The number of ether oxygens (including phenoxy) is 3. The normalized spacial score (nSPS) is 31.8. The van der Waals surface area contributed by atoms with Gasteiger partial charge in [0.2, 0.25) is 0 Å². The molecule has 8 nitrogen and oxygen atoms in total. The monoisotopic (exact) mass is 463 g/mol. The minimum Gasteiger partial charge on any atom is -0.365 e. The molecule has 1 aliphatic carbocycles. The molecule has 0 spiro atoms. The van der Waals surface area contributed by atoms with Crippen molar-refractivity contribution in [2.24, 2.45) is 0 Å². The number of hydrogen-bond donors (Lipinski definition) is 1. The number of hydrogen-bond acceptors (Lipinski definition) is 7. The van der Waals surface area contributed by atoms with Crippen molar-refractivity contribution in [3.05, 3.63) is 23.7 Å². The summed E-state index contributed by atoms with van der Waals surface area (Å²) in [5, 5.41) is 3.55. The highest BCUT2D eigenvalue weighted by Gasteiger charge is 2.55. The van der Waals surface area contributed by atoms with E-state index >= 15 is 0 Å². The van der Waals surface area contributed by atoms with E-state index in [1.807, 2.05) is 29.5 Å². The molecule has 1 saturated carbocycles. The summed E-state index contributed by atoms with van der Waals surface area (Å²) in [7, 11) is 0. The number of aromatic nitrogens is 4. The zero-order valence-electron chi connectivity index (χ0n) is 16.6. The lowest BCUT2D eigenvalue weighted by Gasteiger charge is -2.24. The van der Waals surface area contributed by atoms with Crippen molar-refractivity contribution in [2.45, 2.75) is 82.3 Å². The molecule has 2 saturated heterocycles. The second kappa shape index (κ2) is 7.61. The molecule has 1 N–H and O–H groups in total. The Balaban J connectivity index is 1.46. The van der Waals surface area contributed by atoms with Gasteiger partial charge in [0.05, 0.1) is 12.4 Å². The molecule has 1 unspecified atom stereocenters. The third kappa shape index (κ3) is 3.58. The molecule has 0 radical (unpaired) electrons. The topological polar surface area (TPSA) is 83.3 Å². The first kappa shape index (κ1) is 19.4. The smallest absolute Gasteiger partial charge is 0.167 e. The molecule has 3 aliphatic rings. The van der Waals surface area contributed by atoms with Crippen molar-refractivity contribution in [1.82, 2.24) is 19.5 Å². The number of halogens is 1. The average Bonchev–Trinajstić information content (AvgIpc) is 3.45. The van der Waals surface area contributed by atoms with Crippen LogP contribution in [0.1, 0.15) is 52.2 Å². The summed E-state index contributed by atoms with van der Waals surface area (Å²) in [5.41, 5.74) is 1.51. The quantitative estimate of drug-likeness (QED) is 0.719. The van der Waals surface area contributed by atoms with Crippen LogP contribution in [-0.2, 0) is 14.2 Å². The molecule has 156 valence electrons. The van der Waals surface area contributed by atoms with Gasteiger partial charge in [0.15, 0.2) is 29.0 Å². The predicted molar refractivity (Wildman–Crippen MR) is 112 cm³/mol. The zero-order chi connectivity index (χ0) is 20.0. The van der Waals surface area contributed by atoms with E-state index in [9.17, 15) is 0 Å². The second-order valence-corrected chi connectivity index (χ2v) is 8.93. The van der Waals surface area contributed by atoms with Crippen LogP contribution in [0.3, 0.4) is 0 Å². The van der Waals surface area contributed by atoms with Crippen LogP contribution < -0.4 is 5.32 Å². The van der Waals surface area contributed by atoms with Gasteiger partial charge in [-0.2, -0.15) is 0 Å². The maximum Gasteiger partial charge on any atom is 0.167 e. The lowest BCUT2D eigenvalue weighted by molar-refractivity contribution is -0.195. The minimum atomic E-state index is -0.645. The lowest BCUT2D eigenvalue weighted by Crippen LogP contribution is -2.29. The van der Waals surface area contributed by atoms with Crippen molar-refractivity contribution >= 4 is 32.9 Å². The van der Waals surface area contributed by atoms with Gasteiger partial charge in [-0.3, -0.25) is 4.57 Å². The van der Waals surface area contributed by atoms with Crippen molar-refractivity contribution in [3.8, 4) is 0 Å². The van der Waals surface area contributed by atoms with Gasteiger partial charge in [-0.1, -0.05) is 34.8 Å². The van der Waals surface area contributed by atoms with E-state index in [0.717, 1.165) is 23.4 Å². The number of rotatable bonds is 5. The van der Waals surface area contributed by atoms with Crippen LogP contribution in [0.5, 0.6) is 0 Å². The van der Waals surface area contributed by atoms with Gasteiger partial charge in [0, 0.05) is 6.04 Å². The van der Waals surface area contributed by atoms with Crippen LogP contribution >= 0.6 is 15.9 Å². The van der Waals surface area contributed by atoms with Crippen LogP contribution in [0.25, 0.3) is 11.2 Å². The SMILES string of the molecule is CC1(C)OC2[C@H](n3cnc4c(NC5CCCC5)ncnc43)O[C@H](C/C=C/Br)[C@H]2O1. The van der Waals surface area contributed by atoms with Gasteiger partial charge in [-0.05, 0) is 38.1 Å². The Labute approximate surface area is 178 Å². The Hall–Kier alpha value is -1.55. The van der Waals surface area contributed by atoms with Crippen LogP contribution in [0.2, 0.25) is 0 Å². The molecule has 29 heavy (non-hydrogen) atoms. The van der Waals surface area contributed by atoms with Gasteiger partial charge in [0.25, 0.3) is 0 Å². The van der Waals surface area contributed by atoms with E-state index in [2.05, 4.69) is 36.2 Å². The highest BCUT2D eigenvalue weighted by molar-refractivity contribution is 9.11. The van der Waals surface area contributed by atoms with Crippen LogP contribution in [-0.4, -0.2) is 49.7 Å². The number of imidazole rings is 1. The molecule has 0 bridgehead atoms. The zero-order valence-corrected chi connectivity index (χ0v) is 18.2. The van der Waals surface area contributed by atoms with Gasteiger partial charge in [-0.25, -0.2) is 15.0 Å². The maximum absolute atomic E-state index is 6.37. The van der Waals surface area contributed by atoms with E-state index in [1.165, 1.54) is 25.7 Å². The first-order valence-corrected chi connectivity index (χ1v) is 11.2. The molecule has 2 aromatic rings. The highest BCUT2D eigenvalue weighted by Crippen LogP contribution is 2.44. The summed E-state index contributed by atoms with van der Waals surface area (Å²) in [4.78, 5) is 15.4. The van der Waals surface area contributed by atoms with Crippen molar-refractivity contribution < 1.29 is 14.2 Å². The molecule has 2 aliphatic heterocycles. The maximum atomic E-state index is 6.37. The third-order valence-electron chi connectivity index (χ3n) is 5.91. The van der Waals surface area contributed by atoms with Crippen LogP contribution in [0, 0.1) is 0 Å². The number of nitrogens with zero attached hydrogens (tertiary/aromatic N) is 4. The fraction of sp³-hybridized carbons (Fsp3) is 0.650. The van der Waals surface area contributed by atoms with E-state index in [1.54, 1.807) is 12.7 Å². The molecule has 0 aromatic carbocycles. The van der Waals surface area contributed by atoms with E-state index in [4.69, 9.17) is 14.2 Å². The third-order valence-corrected chi connectivity index (χ3v) is 6.29. The highest BCUT2D eigenvalue weighted by atomic mass is 79.9. The lowest BCUT2D eigenvalue weighted by atomic mass is 10.1. The summed E-state index contributed by atoms with van der Waals surface area (Å²) < 4.78 is 20.7. The number of nitrogens with one attached hydrogen (secondary N) is 1. The number of fused-ring (bicyclic) bond motifs is 2. The van der Waals surface area contributed by atoms with Crippen LogP contribution in [0.4, 0.5) is 5.82 Å². The largest absolute Gasteiger partial charge is 0.365 e. The molecule has 4 heterocycles. The van der Waals surface area contributed by atoms with E-state index in [-0.39, 0.29) is 24.5 Å². The van der Waals surface area contributed by atoms with Gasteiger partial charge in [-0.15, -0.1) is 0 Å². The van der Waals surface area contributed by atoms with Crippen molar-refractivity contribution in [2.75, 3.05) is 5.32 Å².